The number of benzene rings is 1. The van der Waals surface area contributed by atoms with Crippen LogP contribution >= 0.6 is 0 Å². The van der Waals surface area contributed by atoms with Crippen molar-refractivity contribution in [3.05, 3.63) is 41.5 Å². The first kappa shape index (κ1) is 13.0. The number of ketones is 1. The highest BCUT2D eigenvalue weighted by Crippen LogP contribution is 2.18. The Balaban J connectivity index is 3.08. The summed E-state index contributed by atoms with van der Waals surface area (Å²) < 4.78 is 0. The van der Waals surface area contributed by atoms with Crippen molar-refractivity contribution in [2.24, 2.45) is 5.92 Å². The molecule has 0 heterocycles. The number of carbonyl (C=O) groups is 1. The van der Waals surface area contributed by atoms with Gasteiger partial charge in [-0.05, 0) is 5.92 Å². The van der Waals surface area contributed by atoms with Crippen molar-refractivity contribution < 1.29 is 9.90 Å². The zero-order valence-corrected chi connectivity index (χ0v) is 9.97. The predicted molar refractivity (Wildman–Crippen MR) is 66.1 cm³/mol. The number of Topliss-reactive ketones (excluding diaryl/α,β-unsaturated/α-hetero) is 1. The molecule has 0 aliphatic rings. The largest absolute Gasteiger partial charge is 0.506 e. The van der Waals surface area contributed by atoms with E-state index in [0.29, 0.717) is 5.56 Å². The molecule has 0 fully saturated rings. The van der Waals surface area contributed by atoms with Crippen molar-refractivity contribution in [3.8, 4) is 6.07 Å². The minimum Gasteiger partial charge on any atom is -0.506 e. The van der Waals surface area contributed by atoms with E-state index in [2.05, 4.69) is 0 Å². The van der Waals surface area contributed by atoms with Crippen LogP contribution in [0.4, 0.5) is 0 Å². The first-order valence-corrected chi connectivity index (χ1v) is 5.48. The topological polar surface area (TPSA) is 61.1 Å². The number of hydrogen-bond donors (Lipinski definition) is 1. The predicted octanol–water partition coefficient (Wildman–Crippen LogP) is 3.09. The summed E-state index contributed by atoms with van der Waals surface area (Å²) in [5, 5.41) is 18.9. The summed E-state index contributed by atoms with van der Waals surface area (Å²) in [6.07, 6.45) is 0.264. The molecule has 0 aliphatic heterocycles. The smallest absolute Gasteiger partial charge is 0.177 e. The Bertz CT molecular complexity index is 467. The lowest BCUT2D eigenvalue weighted by Gasteiger charge is -2.05. The molecule has 0 radical (unpaired) electrons. The van der Waals surface area contributed by atoms with Gasteiger partial charge in [-0.1, -0.05) is 44.2 Å². The summed E-state index contributed by atoms with van der Waals surface area (Å²) in [6.45, 7) is 3.79. The third kappa shape index (κ3) is 3.46. The molecule has 17 heavy (non-hydrogen) atoms. The number of nitrogens with zero attached hydrogens (tertiary/aromatic N) is 1. The molecule has 0 atom stereocenters. The molecule has 1 aromatic carbocycles. The highest BCUT2D eigenvalue weighted by atomic mass is 16.3. The maximum absolute atomic E-state index is 11.8. The zero-order valence-electron chi connectivity index (χ0n) is 9.97. The highest BCUT2D eigenvalue weighted by molar-refractivity contribution is 6.04. The van der Waals surface area contributed by atoms with Crippen molar-refractivity contribution in [2.45, 2.75) is 20.3 Å². The van der Waals surface area contributed by atoms with Gasteiger partial charge in [0.05, 0.1) is 0 Å². The molecule has 0 aromatic heterocycles. The van der Waals surface area contributed by atoms with Crippen molar-refractivity contribution in [1.29, 1.82) is 5.26 Å². The number of carbonyl (C=O) groups excluding carboxylic acids is 1. The van der Waals surface area contributed by atoms with Gasteiger partial charge in [0.15, 0.2) is 5.78 Å². The van der Waals surface area contributed by atoms with Gasteiger partial charge < -0.3 is 5.11 Å². The van der Waals surface area contributed by atoms with Crippen LogP contribution in [0, 0.1) is 17.2 Å². The second-order valence-electron chi connectivity index (χ2n) is 4.22. The van der Waals surface area contributed by atoms with Crippen molar-refractivity contribution >= 4 is 11.5 Å². The minimum absolute atomic E-state index is 0.162. The summed E-state index contributed by atoms with van der Waals surface area (Å²) >= 11 is 0. The van der Waals surface area contributed by atoms with E-state index in [1.807, 2.05) is 13.8 Å². The van der Waals surface area contributed by atoms with Crippen molar-refractivity contribution in [1.82, 2.24) is 0 Å². The Labute approximate surface area is 101 Å². The molecular weight excluding hydrogens is 214 g/mol. The number of allylic oxidation sites excluding steroid dienone is 1. The van der Waals surface area contributed by atoms with E-state index in [-0.39, 0.29) is 29.5 Å². The fourth-order valence-electron chi connectivity index (χ4n) is 1.46. The Morgan fingerprint density at radius 2 is 1.94 bits per heavy atom. The van der Waals surface area contributed by atoms with Gasteiger partial charge in [0.25, 0.3) is 0 Å². The molecule has 3 heteroatoms. The SMILES string of the molecule is CC(C)CC(=O)C(C#N)=C(O)c1ccccc1. The Morgan fingerprint density at radius 3 is 2.41 bits per heavy atom. The average Bonchev–Trinajstić information content (AvgIpc) is 2.30. The van der Waals surface area contributed by atoms with Gasteiger partial charge in [0.1, 0.15) is 17.4 Å². The van der Waals surface area contributed by atoms with Gasteiger partial charge in [-0.2, -0.15) is 5.26 Å². The molecule has 1 N–H and O–H groups in total. The molecule has 0 saturated heterocycles. The monoisotopic (exact) mass is 229 g/mol. The Morgan fingerprint density at radius 1 is 1.35 bits per heavy atom. The first-order chi connectivity index (χ1) is 8.06. The van der Waals surface area contributed by atoms with Crippen LogP contribution in [0.2, 0.25) is 0 Å². The summed E-state index contributed by atoms with van der Waals surface area (Å²) in [7, 11) is 0. The number of rotatable bonds is 4. The van der Waals surface area contributed by atoms with Crippen LogP contribution in [0.15, 0.2) is 35.9 Å². The van der Waals surface area contributed by atoms with Gasteiger partial charge in [-0.15, -0.1) is 0 Å². The summed E-state index contributed by atoms with van der Waals surface area (Å²) in [5.41, 5.74) is 0.325. The zero-order chi connectivity index (χ0) is 12.8. The molecule has 1 aromatic rings. The molecule has 1 rings (SSSR count). The number of aliphatic hydroxyl groups excluding tert-OH is 1. The second kappa shape index (κ2) is 5.86. The summed E-state index contributed by atoms with van der Waals surface area (Å²) in [6, 6.07) is 10.4. The molecule has 88 valence electrons. The summed E-state index contributed by atoms with van der Waals surface area (Å²) in [4.78, 5) is 11.8. The van der Waals surface area contributed by atoms with Crippen LogP contribution in [0.5, 0.6) is 0 Å². The number of hydrogen-bond acceptors (Lipinski definition) is 3. The Kier molecular flexibility index (Phi) is 4.47. The van der Waals surface area contributed by atoms with Crippen LogP contribution in [-0.4, -0.2) is 10.9 Å². The molecule has 0 spiro atoms. The van der Waals surface area contributed by atoms with E-state index in [9.17, 15) is 9.90 Å². The maximum atomic E-state index is 11.8. The van der Waals surface area contributed by atoms with Crippen LogP contribution in [0.3, 0.4) is 0 Å². The van der Waals surface area contributed by atoms with E-state index in [4.69, 9.17) is 5.26 Å². The lowest BCUT2D eigenvalue weighted by Crippen LogP contribution is -2.07. The van der Waals surface area contributed by atoms with Gasteiger partial charge in [-0.3, -0.25) is 4.79 Å². The summed E-state index contributed by atoms with van der Waals surface area (Å²) in [5.74, 6) is -0.392. The molecule has 3 nitrogen and oxygen atoms in total. The van der Waals surface area contributed by atoms with E-state index in [0.717, 1.165) is 0 Å². The molecule has 0 unspecified atom stereocenters. The van der Waals surface area contributed by atoms with Gasteiger partial charge in [0, 0.05) is 12.0 Å². The highest BCUT2D eigenvalue weighted by Gasteiger charge is 2.17. The van der Waals surface area contributed by atoms with E-state index < -0.39 is 0 Å². The van der Waals surface area contributed by atoms with Crippen LogP contribution in [0.25, 0.3) is 5.76 Å². The van der Waals surface area contributed by atoms with Crippen molar-refractivity contribution in [3.63, 3.8) is 0 Å². The molecule has 0 bridgehead atoms. The first-order valence-electron chi connectivity index (χ1n) is 5.48. The fourth-order valence-corrected chi connectivity index (χ4v) is 1.46. The van der Waals surface area contributed by atoms with E-state index in [1.165, 1.54) is 0 Å². The lowest BCUT2D eigenvalue weighted by atomic mass is 9.99. The third-order valence-corrected chi connectivity index (χ3v) is 2.27. The average molecular weight is 229 g/mol. The molecule has 0 aliphatic carbocycles. The van der Waals surface area contributed by atoms with Crippen LogP contribution in [0.1, 0.15) is 25.8 Å². The van der Waals surface area contributed by atoms with Gasteiger partial charge in [0.2, 0.25) is 0 Å². The maximum Gasteiger partial charge on any atom is 0.177 e. The standard InChI is InChI=1S/C14H15NO2/c1-10(2)8-13(16)12(9-15)14(17)11-6-4-3-5-7-11/h3-7,10,17H,8H2,1-2H3. The van der Waals surface area contributed by atoms with Gasteiger partial charge >= 0.3 is 0 Å². The lowest BCUT2D eigenvalue weighted by molar-refractivity contribution is -0.115. The fraction of sp³-hybridized carbons (Fsp3) is 0.286. The van der Waals surface area contributed by atoms with Crippen LogP contribution < -0.4 is 0 Å². The number of nitriles is 1. The quantitative estimate of drug-likeness (QED) is 0.490. The molecular formula is C14H15NO2. The van der Waals surface area contributed by atoms with E-state index in [1.54, 1.807) is 36.4 Å². The minimum atomic E-state index is -0.316. The second-order valence-corrected chi connectivity index (χ2v) is 4.22. The normalized spacial score (nSPS) is 11.9. The third-order valence-electron chi connectivity index (χ3n) is 2.27. The Hall–Kier alpha value is -2.08. The molecule has 0 amide bonds. The molecule has 0 saturated carbocycles. The van der Waals surface area contributed by atoms with Crippen molar-refractivity contribution in [2.75, 3.05) is 0 Å². The van der Waals surface area contributed by atoms with E-state index >= 15 is 0 Å². The number of aliphatic hydroxyl groups is 1. The van der Waals surface area contributed by atoms with Crippen LogP contribution in [-0.2, 0) is 4.79 Å². The van der Waals surface area contributed by atoms with Gasteiger partial charge in [-0.25, -0.2) is 0 Å².